The SMILES string of the molecule is Cc1c(Cl)cc(Cl)c([N+](=O)[O-])c1C(=O)NCCCOCCCCOCCCN. The average molecular weight is 436 g/mol. The normalized spacial score (nSPS) is 10.9. The summed E-state index contributed by atoms with van der Waals surface area (Å²) >= 11 is 11.9. The summed E-state index contributed by atoms with van der Waals surface area (Å²) in [6, 6.07) is 1.27. The standard InChI is InChI=1S/C18H27Cl2N3O5/c1-13-14(19)12-15(20)17(23(25)26)16(13)18(24)22-7-5-11-28-9-3-2-8-27-10-4-6-21/h12H,2-11,21H2,1H3,(H,22,24). The molecule has 1 rings (SSSR count). The van der Waals surface area contributed by atoms with Crippen LogP contribution in [0.4, 0.5) is 5.69 Å². The van der Waals surface area contributed by atoms with Gasteiger partial charge in [-0.05, 0) is 50.8 Å². The molecule has 0 fully saturated rings. The number of amides is 1. The number of hydrogen-bond acceptors (Lipinski definition) is 6. The number of nitrogens with one attached hydrogen (secondary N) is 1. The van der Waals surface area contributed by atoms with Crippen LogP contribution in [-0.2, 0) is 9.47 Å². The molecule has 1 aromatic carbocycles. The van der Waals surface area contributed by atoms with Crippen molar-refractivity contribution < 1.29 is 19.2 Å². The predicted octanol–water partition coefficient (Wildman–Crippen LogP) is 3.49. The van der Waals surface area contributed by atoms with Crippen LogP contribution in [0.15, 0.2) is 6.07 Å². The van der Waals surface area contributed by atoms with Crippen molar-refractivity contribution >= 4 is 34.8 Å². The molecule has 1 aromatic rings. The van der Waals surface area contributed by atoms with Crippen molar-refractivity contribution in [1.29, 1.82) is 0 Å². The Labute approximate surface area is 174 Å². The first-order chi connectivity index (χ1) is 13.4. The molecule has 0 atom stereocenters. The molecule has 0 saturated heterocycles. The number of nitro benzene ring substituents is 1. The van der Waals surface area contributed by atoms with E-state index in [0.717, 1.165) is 19.3 Å². The molecule has 8 nitrogen and oxygen atoms in total. The van der Waals surface area contributed by atoms with Crippen molar-refractivity contribution in [1.82, 2.24) is 5.32 Å². The lowest BCUT2D eigenvalue weighted by Gasteiger charge is -2.11. The highest BCUT2D eigenvalue weighted by Gasteiger charge is 2.28. The molecule has 0 aliphatic rings. The van der Waals surface area contributed by atoms with E-state index in [1.165, 1.54) is 6.07 Å². The fraction of sp³-hybridized carbons (Fsp3) is 0.611. The number of rotatable bonds is 14. The molecule has 0 saturated carbocycles. The zero-order valence-electron chi connectivity index (χ0n) is 16.0. The maximum atomic E-state index is 12.4. The maximum Gasteiger partial charge on any atom is 0.300 e. The molecule has 0 heterocycles. The van der Waals surface area contributed by atoms with Gasteiger partial charge in [0.1, 0.15) is 10.6 Å². The Hall–Kier alpha value is -1.45. The third-order valence-corrected chi connectivity index (χ3v) is 4.61. The van der Waals surface area contributed by atoms with Crippen LogP contribution >= 0.6 is 23.2 Å². The van der Waals surface area contributed by atoms with Crippen LogP contribution in [0, 0.1) is 17.0 Å². The fourth-order valence-electron chi connectivity index (χ4n) is 2.42. The van der Waals surface area contributed by atoms with E-state index in [-0.39, 0.29) is 15.6 Å². The highest BCUT2D eigenvalue weighted by Crippen LogP contribution is 2.35. The summed E-state index contributed by atoms with van der Waals surface area (Å²) in [5, 5.41) is 13.9. The van der Waals surface area contributed by atoms with Crippen LogP contribution < -0.4 is 11.1 Å². The number of nitrogens with two attached hydrogens (primary N) is 1. The minimum atomic E-state index is -0.677. The van der Waals surface area contributed by atoms with E-state index in [2.05, 4.69) is 5.32 Å². The lowest BCUT2D eigenvalue weighted by Crippen LogP contribution is -2.27. The van der Waals surface area contributed by atoms with E-state index in [1.807, 2.05) is 0 Å². The first-order valence-corrected chi connectivity index (χ1v) is 9.92. The molecular formula is C18H27Cl2N3O5. The number of hydrogen-bond donors (Lipinski definition) is 2. The summed E-state index contributed by atoms with van der Waals surface area (Å²) < 4.78 is 10.9. The van der Waals surface area contributed by atoms with E-state index < -0.39 is 16.5 Å². The molecule has 10 heteroatoms. The van der Waals surface area contributed by atoms with Crippen LogP contribution in [0.2, 0.25) is 10.0 Å². The molecule has 0 bridgehead atoms. The second-order valence-electron chi connectivity index (χ2n) is 6.13. The number of ether oxygens (including phenoxy) is 2. The summed E-state index contributed by atoms with van der Waals surface area (Å²) in [7, 11) is 0. The molecule has 0 spiro atoms. The summed E-state index contributed by atoms with van der Waals surface area (Å²) in [5.41, 5.74) is 5.14. The minimum absolute atomic E-state index is 0.113. The summed E-state index contributed by atoms with van der Waals surface area (Å²) in [5.74, 6) is -0.580. The van der Waals surface area contributed by atoms with E-state index in [0.29, 0.717) is 51.5 Å². The molecule has 0 aliphatic heterocycles. The molecule has 158 valence electrons. The second kappa shape index (κ2) is 13.7. The van der Waals surface area contributed by atoms with Gasteiger partial charge in [-0.15, -0.1) is 0 Å². The maximum absolute atomic E-state index is 12.4. The van der Waals surface area contributed by atoms with Gasteiger partial charge in [-0.1, -0.05) is 23.2 Å². The Balaban J connectivity index is 2.30. The minimum Gasteiger partial charge on any atom is -0.381 e. The molecule has 0 aromatic heterocycles. The number of nitrogens with zero attached hydrogens (tertiary/aromatic N) is 1. The van der Waals surface area contributed by atoms with Crippen LogP contribution in [0.25, 0.3) is 0 Å². The first-order valence-electron chi connectivity index (χ1n) is 9.16. The van der Waals surface area contributed by atoms with Crippen molar-refractivity contribution in [2.75, 3.05) is 39.5 Å². The molecule has 3 N–H and O–H groups in total. The van der Waals surface area contributed by atoms with E-state index in [9.17, 15) is 14.9 Å². The largest absolute Gasteiger partial charge is 0.381 e. The Kier molecular flexibility index (Phi) is 12.0. The zero-order chi connectivity index (χ0) is 20.9. The Bertz CT molecular complexity index is 659. The number of halogens is 2. The van der Waals surface area contributed by atoms with Crippen molar-refractivity contribution in [3.63, 3.8) is 0 Å². The topological polar surface area (TPSA) is 117 Å². The Morgan fingerprint density at radius 2 is 1.68 bits per heavy atom. The average Bonchev–Trinajstić information content (AvgIpc) is 2.64. The van der Waals surface area contributed by atoms with Crippen molar-refractivity contribution in [3.05, 3.63) is 37.4 Å². The monoisotopic (exact) mass is 435 g/mol. The van der Waals surface area contributed by atoms with Gasteiger partial charge in [-0.3, -0.25) is 14.9 Å². The Morgan fingerprint density at radius 3 is 2.25 bits per heavy atom. The van der Waals surface area contributed by atoms with Gasteiger partial charge in [0.15, 0.2) is 0 Å². The number of carbonyl (C=O) groups excluding carboxylic acids is 1. The lowest BCUT2D eigenvalue weighted by molar-refractivity contribution is -0.385. The second-order valence-corrected chi connectivity index (χ2v) is 6.94. The van der Waals surface area contributed by atoms with Crippen LogP contribution in [-0.4, -0.2) is 50.3 Å². The van der Waals surface area contributed by atoms with Crippen LogP contribution in [0.1, 0.15) is 41.6 Å². The summed E-state index contributed by atoms with van der Waals surface area (Å²) in [6.07, 6.45) is 3.26. The van der Waals surface area contributed by atoms with E-state index >= 15 is 0 Å². The zero-order valence-corrected chi connectivity index (χ0v) is 17.5. The number of nitro groups is 1. The quantitative estimate of drug-likeness (QED) is 0.262. The van der Waals surface area contributed by atoms with Crippen LogP contribution in [0.5, 0.6) is 0 Å². The van der Waals surface area contributed by atoms with Gasteiger partial charge >= 0.3 is 5.69 Å². The van der Waals surface area contributed by atoms with Gasteiger partial charge < -0.3 is 20.5 Å². The molecule has 1 amide bonds. The summed E-state index contributed by atoms with van der Waals surface area (Å²) in [4.78, 5) is 23.0. The van der Waals surface area contributed by atoms with Gasteiger partial charge in [0.2, 0.25) is 0 Å². The fourth-order valence-corrected chi connectivity index (χ4v) is 2.95. The van der Waals surface area contributed by atoms with Crippen LogP contribution in [0.3, 0.4) is 0 Å². The molecule has 0 unspecified atom stereocenters. The highest BCUT2D eigenvalue weighted by atomic mass is 35.5. The lowest BCUT2D eigenvalue weighted by atomic mass is 10.1. The van der Waals surface area contributed by atoms with Crippen molar-refractivity contribution in [2.45, 2.75) is 32.6 Å². The molecule has 0 radical (unpaired) electrons. The molecular weight excluding hydrogens is 409 g/mol. The molecule has 28 heavy (non-hydrogen) atoms. The first kappa shape index (κ1) is 24.6. The van der Waals surface area contributed by atoms with Gasteiger partial charge in [-0.25, -0.2) is 0 Å². The van der Waals surface area contributed by atoms with Gasteiger partial charge in [-0.2, -0.15) is 0 Å². The number of unbranched alkanes of at least 4 members (excludes halogenated alkanes) is 1. The van der Waals surface area contributed by atoms with E-state index in [1.54, 1.807) is 6.92 Å². The van der Waals surface area contributed by atoms with Crippen molar-refractivity contribution in [3.8, 4) is 0 Å². The number of benzene rings is 1. The summed E-state index contributed by atoms with van der Waals surface area (Å²) in [6.45, 7) is 4.97. The third-order valence-electron chi connectivity index (χ3n) is 3.93. The predicted molar refractivity (Wildman–Crippen MR) is 109 cm³/mol. The van der Waals surface area contributed by atoms with Gasteiger partial charge in [0.25, 0.3) is 5.91 Å². The van der Waals surface area contributed by atoms with Crippen molar-refractivity contribution in [2.24, 2.45) is 5.73 Å². The smallest absolute Gasteiger partial charge is 0.300 e. The highest BCUT2D eigenvalue weighted by molar-refractivity contribution is 6.37. The third kappa shape index (κ3) is 8.28. The van der Waals surface area contributed by atoms with Gasteiger partial charge in [0, 0.05) is 38.0 Å². The van der Waals surface area contributed by atoms with Gasteiger partial charge in [0.05, 0.1) is 4.92 Å². The van der Waals surface area contributed by atoms with E-state index in [4.69, 9.17) is 38.4 Å². The number of carbonyl (C=O) groups is 1. The molecule has 0 aliphatic carbocycles. The Morgan fingerprint density at radius 1 is 1.11 bits per heavy atom.